The highest BCUT2D eigenvalue weighted by Gasteiger charge is 2.27. The molecule has 120 valence electrons. The van der Waals surface area contributed by atoms with Gasteiger partial charge in [0, 0.05) is 0 Å². The molecule has 5 heteroatoms. The van der Waals surface area contributed by atoms with Gasteiger partial charge in [-0.2, -0.15) is 0 Å². The van der Waals surface area contributed by atoms with Gasteiger partial charge in [-0.05, 0) is 36.0 Å². The number of primary sulfonamides is 1. The lowest BCUT2D eigenvalue weighted by atomic mass is 9.96. The van der Waals surface area contributed by atoms with E-state index in [0.29, 0.717) is 18.9 Å². The molecule has 0 radical (unpaired) electrons. The van der Waals surface area contributed by atoms with Crippen LogP contribution in [0.1, 0.15) is 52.0 Å². The number of rotatable bonds is 8. The molecule has 0 amide bonds. The molecule has 1 aromatic rings. The van der Waals surface area contributed by atoms with Crippen molar-refractivity contribution in [1.29, 1.82) is 0 Å². The van der Waals surface area contributed by atoms with Gasteiger partial charge >= 0.3 is 0 Å². The van der Waals surface area contributed by atoms with Crippen LogP contribution in [0.5, 0.6) is 5.75 Å². The van der Waals surface area contributed by atoms with E-state index in [1.165, 1.54) is 0 Å². The van der Waals surface area contributed by atoms with Crippen molar-refractivity contribution in [2.45, 2.75) is 51.7 Å². The largest absolute Gasteiger partial charge is 0.493 e. The molecule has 1 aromatic carbocycles. The zero-order valence-electron chi connectivity index (χ0n) is 13.4. The van der Waals surface area contributed by atoms with Gasteiger partial charge in [-0.1, -0.05) is 46.2 Å². The second-order valence-electron chi connectivity index (χ2n) is 5.72. The van der Waals surface area contributed by atoms with Gasteiger partial charge in [0.05, 0.1) is 11.9 Å². The number of nitrogens with two attached hydrogens (primary N) is 1. The molecule has 0 heterocycles. The first-order valence-corrected chi connectivity index (χ1v) is 9.14. The van der Waals surface area contributed by atoms with Crippen LogP contribution in [-0.4, -0.2) is 20.3 Å². The quantitative estimate of drug-likeness (QED) is 0.800. The van der Waals surface area contributed by atoms with Gasteiger partial charge < -0.3 is 4.74 Å². The van der Waals surface area contributed by atoms with Gasteiger partial charge in [0.15, 0.2) is 0 Å². The van der Waals surface area contributed by atoms with Gasteiger partial charge in [-0.3, -0.25) is 0 Å². The van der Waals surface area contributed by atoms with Gasteiger partial charge in [-0.25, -0.2) is 13.6 Å². The van der Waals surface area contributed by atoms with Crippen LogP contribution in [0.2, 0.25) is 0 Å². The summed E-state index contributed by atoms with van der Waals surface area (Å²) in [6.45, 7) is 8.67. The summed E-state index contributed by atoms with van der Waals surface area (Å²) >= 11 is 0. The number of sulfonamides is 1. The zero-order valence-corrected chi connectivity index (χ0v) is 14.2. The second-order valence-corrected chi connectivity index (χ2v) is 7.50. The molecule has 0 spiro atoms. The van der Waals surface area contributed by atoms with Crippen molar-refractivity contribution < 1.29 is 13.2 Å². The zero-order chi connectivity index (χ0) is 16.0. The highest BCUT2D eigenvalue weighted by atomic mass is 32.2. The lowest BCUT2D eigenvalue weighted by Crippen LogP contribution is -2.32. The standard InChI is InChI=1S/C16H27NO3S/c1-5-12(3)11-20-15-9-7-8-14(10-15)13(4)16(6-2)21(17,18)19/h7-10,12-13,16H,5-6,11H2,1-4H3,(H2,17,18,19)/t12-,13+,16?/m0/s1. The third-order valence-electron chi connectivity index (χ3n) is 4.00. The maximum absolute atomic E-state index is 11.7. The van der Waals surface area contributed by atoms with Crippen LogP contribution in [0.3, 0.4) is 0 Å². The van der Waals surface area contributed by atoms with Gasteiger partial charge in [0.2, 0.25) is 10.0 Å². The van der Waals surface area contributed by atoms with Crippen molar-refractivity contribution in [2.24, 2.45) is 11.1 Å². The molecule has 0 aliphatic heterocycles. The van der Waals surface area contributed by atoms with Crippen LogP contribution < -0.4 is 9.88 Å². The second kappa shape index (κ2) is 7.80. The van der Waals surface area contributed by atoms with Crippen molar-refractivity contribution in [2.75, 3.05) is 6.61 Å². The average Bonchev–Trinajstić information content (AvgIpc) is 2.44. The minimum atomic E-state index is -3.55. The maximum atomic E-state index is 11.7. The van der Waals surface area contributed by atoms with Crippen LogP contribution >= 0.6 is 0 Å². The molecule has 0 aromatic heterocycles. The van der Waals surface area contributed by atoms with E-state index in [4.69, 9.17) is 9.88 Å². The number of ether oxygens (including phenoxy) is 1. The summed E-state index contributed by atoms with van der Waals surface area (Å²) in [7, 11) is -3.55. The van der Waals surface area contributed by atoms with E-state index in [0.717, 1.165) is 17.7 Å². The topological polar surface area (TPSA) is 69.4 Å². The van der Waals surface area contributed by atoms with E-state index in [-0.39, 0.29) is 5.92 Å². The highest BCUT2D eigenvalue weighted by Crippen LogP contribution is 2.28. The van der Waals surface area contributed by atoms with E-state index in [1.807, 2.05) is 38.1 Å². The third-order valence-corrected chi connectivity index (χ3v) is 5.58. The Morgan fingerprint density at radius 1 is 1.19 bits per heavy atom. The fraction of sp³-hybridized carbons (Fsp3) is 0.625. The SMILES string of the molecule is CCC([C@H](C)c1cccc(OC[C@@H](C)CC)c1)S(N)(=O)=O. The fourth-order valence-electron chi connectivity index (χ4n) is 2.33. The number of hydrogen-bond acceptors (Lipinski definition) is 3. The van der Waals surface area contributed by atoms with Crippen LogP contribution in [0.15, 0.2) is 24.3 Å². The normalized spacial score (nSPS) is 16.2. The predicted molar refractivity (Wildman–Crippen MR) is 87.0 cm³/mol. The summed E-state index contributed by atoms with van der Waals surface area (Å²) in [6, 6.07) is 7.64. The molecule has 3 atom stereocenters. The van der Waals surface area contributed by atoms with E-state index in [2.05, 4.69) is 13.8 Å². The Bertz CT molecular complexity index is 542. The Balaban J connectivity index is 2.88. The third kappa shape index (κ3) is 5.32. The van der Waals surface area contributed by atoms with Gasteiger partial charge in [-0.15, -0.1) is 0 Å². The van der Waals surface area contributed by atoms with Crippen molar-refractivity contribution in [3.63, 3.8) is 0 Å². The Hall–Kier alpha value is -1.07. The summed E-state index contributed by atoms with van der Waals surface area (Å²) in [6.07, 6.45) is 1.57. The minimum Gasteiger partial charge on any atom is -0.493 e. The Kier molecular flexibility index (Phi) is 6.68. The molecule has 1 unspecified atom stereocenters. The van der Waals surface area contributed by atoms with Crippen LogP contribution in [0, 0.1) is 5.92 Å². The first-order valence-electron chi connectivity index (χ1n) is 7.53. The highest BCUT2D eigenvalue weighted by molar-refractivity contribution is 7.89. The first-order chi connectivity index (χ1) is 9.79. The summed E-state index contributed by atoms with van der Waals surface area (Å²) in [5.74, 6) is 1.12. The maximum Gasteiger partial charge on any atom is 0.212 e. The summed E-state index contributed by atoms with van der Waals surface area (Å²) in [5, 5.41) is 4.76. The van der Waals surface area contributed by atoms with Crippen molar-refractivity contribution in [3.8, 4) is 5.75 Å². The van der Waals surface area contributed by atoms with E-state index in [1.54, 1.807) is 0 Å². The van der Waals surface area contributed by atoms with E-state index in [9.17, 15) is 8.42 Å². The molecule has 0 saturated heterocycles. The summed E-state index contributed by atoms with van der Waals surface area (Å²) in [5.41, 5.74) is 0.942. The first kappa shape index (κ1) is 18.0. The summed E-state index contributed by atoms with van der Waals surface area (Å²) in [4.78, 5) is 0. The lowest BCUT2D eigenvalue weighted by Gasteiger charge is -2.21. The molecule has 0 saturated carbocycles. The summed E-state index contributed by atoms with van der Waals surface area (Å²) < 4.78 is 29.1. The Morgan fingerprint density at radius 2 is 1.86 bits per heavy atom. The Labute approximate surface area is 128 Å². The van der Waals surface area contributed by atoms with Crippen molar-refractivity contribution >= 4 is 10.0 Å². The molecule has 0 aliphatic carbocycles. The van der Waals surface area contributed by atoms with Crippen molar-refractivity contribution in [1.82, 2.24) is 0 Å². The monoisotopic (exact) mass is 313 g/mol. The predicted octanol–water partition coefficient (Wildman–Crippen LogP) is 3.28. The number of benzene rings is 1. The smallest absolute Gasteiger partial charge is 0.212 e. The van der Waals surface area contributed by atoms with E-state index < -0.39 is 15.3 Å². The van der Waals surface area contributed by atoms with Crippen LogP contribution in [0.25, 0.3) is 0 Å². The van der Waals surface area contributed by atoms with Gasteiger partial charge in [0.1, 0.15) is 5.75 Å². The molecule has 0 aliphatic rings. The van der Waals surface area contributed by atoms with E-state index >= 15 is 0 Å². The number of hydrogen-bond donors (Lipinski definition) is 1. The molecular weight excluding hydrogens is 286 g/mol. The molecule has 1 rings (SSSR count). The molecule has 0 bridgehead atoms. The van der Waals surface area contributed by atoms with Gasteiger partial charge in [0.25, 0.3) is 0 Å². The minimum absolute atomic E-state index is 0.155. The van der Waals surface area contributed by atoms with Crippen molar-refractivity contribution in [3.05, 3.63) is 29.8 Å². The van der Waals surface area contributed by atoms with Crippen LogP contribution in [0.4, 0.5) is 0 Å². The fourth-order valence-corrected chi connectivity index (χ4v) is 3.52. The molecule has 4 nitrogen and oxygen atoms in total. The van der Waals surface area contributed by atoms with Crippen LogP contribution in [-0.2, 0) is 10.0 Å². The lowest BCUT2D eigenvalue weighted by molar-refractivity contribution is 0.256. The molecule has 0 fully saturated rings. The Morgan fingerprint density at radius 3 is 2.38 bits per heavy atom. The average molecular weight is 313 g/mol. The molecule has 21 heavy (non-hydrogen) atoms. The molecule has 2 N–H and O–H groups in total. The molecular formula is C16H27NO3S.